The van der Waals surface area contributed by atoms with Crippen LogP contribution in [-0.2, 0) is 13.0 Å². The van der Waals surface area contributed by atoms with Gasteiger partial charge in [-0.1, -0.05) is 24.3 Å². The van der Waals surface area contributed by atoms with Gasteiger partial charge in [-0.25, -0.2) is 0 Å². The van der Waals surface area contributed by atoms with E-state index in [4.69, 9.17) is 10.00 Å². The van der Waals surface area contributed by atoms with Gasteiger partial charge in [0, 0.05) is 18.8 Å². The summed E-state index contributed by atoms with van der Waals surface area (Å²) in [4.78, 5) is 2.36. The molecule has 0 saturated carbocycles. The molecule has 3 rings (SSSR count). The number of nitriles is 1. The molecule has 3 nitrogen and oxygen atoms in total. The number of benzene rings is 2. The molecule has 1 aliphatic rings. The predicted octanol–water partition coefficient (Wildman–Crippen LogP) is 3.13. The van der Waals surface area contributed by atoms with Crippen LogP contribution in [-0.4, -0.2) is 13.7 Å². The number of rotatable bonds is 3. The zero-order valence-corrected chi connectivity index (χ0v) is 11.5. The number of ether oxygens (including phenoxy) is 1. The second-order valence-corrected chi connectivity index (χ2v) is 4.95. The normalized spacial score (nSPS) is 12.9. The quantitative estimate of drug-likeness (QED) is 0.854. The third-order valence-electron chi connectivity index (χ3n) is 3.74. The van der Waals surface area contributed by atoms with Gasteiger partial charge in [-0.3, -0.25) is 0 Å². The summed E-state index contributed by atoms with van der Waals surface area (Å²) in [6, 6.07) is 16.5. The molecule has 0 radical (unpaired) electrons. The van der Waals surface area contributed by atoms with E-state index in [9.17, 15) is 0 Å². The van der Waals surface area contributed by atoms with Gasteiger partial charge in [0.25, 0.3) is 0 Å². The smallest absolute Gasteiger partial charge is 0.136 e. The highest BCUT2D eigenvalue weighted by molar-refractivity contribution is 5.58. The first-order chi connectivity index (χ1) is 9.81. The van der Waals surface area contributed by atoms with Crippen LogP contribution in [0.2, 0.25) is 0 Å². The predicted molar refractivity (Wildman–Crippen MR) is 78.9 cm³/mol. The Morgan fingerprint density at radius 1 is 1.25 bits per heavy atom. The van der Waals surface area contributed by atoms with Gasteiger partial charge in [0.2, 0.25) is 0 Å². The van der Waals surface area contributed by atoms with E-state index in [1.807, 2.05) is 18.2 Å². The first-order valence-corrected chi connectivity index (χ1v) is 6.71. The fraction of sp³-hybridized carbons (Fsp3) is 0.235. The van der Waals surface area contributed by atoms with E-state index in [-0.39, 0.29) is 0 Å². The van der Waals surface area contributed by atoms with Crippen LogP contribution in [0, 0.1) is 11.3 Å². The highest BCUT2D eigenvalue weighted by Crippen LogP contribution is 2.29. The summed E-state index contributed by atoms with van der Waals surface area (Å²) in [5, 5.41) is 9.15. The van der Waals surface area contributed by atoms with E-state index < -0.39 is 0 Å². The minimum Gasteiger partial charge on any atom is -0.495 e. The van der Waals surface area contributed by atoms with Crippen LogP contribution in [0.25, 0.3) is 0 Å². The average Bonchev–Trinajstić information content (AvgIpc) is 2.90. The Morgan fingerprint density at radius 2 is 2.10 bits per heavy atom. The summed E-state index contributed by atoms with van der Waals surface area (Å²) < 4.78 is 5.18. The number of hydrogen-bond acceptors (Lipinski definition) is 3. The maximum absolute atomic E-state index is 9.15. The fourth-order valence-corrected chi connectivity index (χ4v) is 2.73. The Kier molecular flexibility index (Phi) is 3.30. The van der Waals surface area contributed by atoms with Crippen molar-refractivity contribution in [2.24, 2.45) is 0 Å². The fourth-order valence-electron chi connectivity index (χ4n) is 2.73. The van der Waals surface area contributed by atoms with Crippen molar-refractivity contribution in [2.45, 2.75) is 13.0 Å². The van der Waals surface area contributed by atoms with Crippen LogP contribution in [0.3, 0.4) is 0 Å². The molecule has 0 atom stereocenters. The van der Waals surface area contributed by atoms with Gasteiger partial charge in [0.05, 0.1) is 12.7 Å². The van der Waals surface area contributed by atoms with Crippen molar-refractivity contribution in [1.29, 1.82) is 5.26 Å². The van der Waals surface area contributed by atoms with Crippen molar-refractivity contribution >= 4 is 5.69 Å². The second kappa shape index (κ2) is 5.26. The molecule has 2 aromatic rings. The molecule has 100 valence electrons. The van der Waals surface area contributed by atoms with Crippen molar-refractivity contribution in [3.63, 3.8) is 0 Å². The van der Waals surface area contributed by atoms with E-state index in [1.54, 1.807) is 7.11 Å². The second-order valence-electron chi connectivity index (χ2n) is 4.95. The topological polar surface area (TPSA) is 36.3 Å². The van der Waals surface area contributed by atoms with Crippen LogP contribution >= 0.6 is 0 Å². The molecule has 0 fully saturated rings. The lowest BCUT2D eigenvalue weighted by Gasteiger charge is -2.19. The Balaban J connectivity index is 1.85. The van der Waals surface area contributed by atoms with Gasteiger partial charge in [0.15, 0.2) is 0 Å². The summed E-state index contributed by atoms with van der Waals surface area (Å²) in [5.41, 5.74) is 4.44. The molecule has 0 spiro atoms. The van der Waals surface area contributed by atoms with E-state index >= 15 is 0 Å². The molecule has 0 amide bonds. The molecule has 1 aliphatic heterocycles. The summed E-state index contributed by atoms with van der Waals surface area (Å²) in [5.74, 6) is 0.637. The average molecular weight is 264 g/mol. The molecule has 0 aromatic heterocycles. The molecule has 0 N–H and O–H groups in total. The summed E-state index contributed by atoms with van der Waals surface area (Å²) >= 11 is 0. The molecule has 20 heavy (non-hydrogen) atoms. The van der Waals surface area contributed by atoms with Gasteiger partial charge in [-0.15, -0.1) is 0 Å². The summed E-state index contributed by atoms with van der Waals surface area (Å²) in [6.07, 6.45) is 1.09. The molecular weight excluding hydrogens is 248 g/mol. The third kappa shape index (κ3) is 2.21. The Hall–Kier alpha value is -2.47. The maximum atomic E-state index is 9.15. The van der Waals surface area contributed by atoms with Crippen LogP contribution in [0.15, 0.2) is 42.5 Å². The lowest BCUT2D eigenvalue weighted by atomic mass is 10.1. The first kappa shape index (κ1) is 12.6. The van der Waals surface area contributed by atoms with Crippen LogP contribution < -0.4 is 9.64 Å². The van der Waals surface area contributed by atoms with Crippen molar-refractivity contribution in [1.82, 2.24) is 0 Å². The van der Waals surface area contributed by atoms with Crippen LogP contribution in [0.4, 0.5) is 5.69 Å². The van der Waals surface area contributed by atoms with E-state index in [0.29, 0.717) is 11.3 Å². The van der Waals surface area contributed by atoms with Crippen molar-refractivity contribution in [3.8, 4) is 11.8 Å². The van der Waals surface area contributed by atoms with Crippen LogP contribution in [0.5, 0.6) is 5.75 Å². The number of para-hydroxylation sites is 1. The monoisotopic (exact) mass is 264 g/mol. The van der Waals surface area contributed by atoms with Gasteiger partial charge in [-0.05, 0) is 35.7 Å². The Labute approximate surface area is 119 Å². The Morgan fingerprint density at radius 3 is 2.90 bits per heavy atom. The minimum atomic E-state index is 0.595. The maximum Gasteiger partial charge on any atom is 0.136 e. The number of fused-ring (bicyclic) bond motifs is 1. The van der Waals surface area contributed by atoms with Crippen LogP contribution in [0.1, 0.15) is 16.7 Å². The molecular formula is C17H16N2O. The largest absolute Gasteiger partial charge is 0.495 e. The van der Waals surface area contributed by atoms with Gasteiger partial charge < -0.3 is 9.64 Å². The Bertz CT molecular complexity index is 673. The van der Waals surface area contributed by atoms with Crippen molar-refractivity contribution < 1.29 is 4.74 Å². The highest BCUT2D eigenvalue weighted by Gasteiger charge is 2.18. The molecule has 0 bridgehead atoms. The van der Waals surface area contributed by atoms with E-state index in [0.717, 1.165) is 25.1 Å². The zero-order chi connectivity index (χ0) is 13.9. The lowest BCUT2D eigenvalue weighted by molar-refractivity contribution is 0.413. The molecule has 0 saturated heterocycles. The van der Waals surface area contributed by atoms with E-state index in [2.05, 4.69) is 35.2 Å². The summed E-state index contributed by atoms with van der Waals surface area (Å²) in [6.45, 7) is 1.86. The van der Waals surface area contributed by atoms with Gasteiger partial charge >= 0.3 is 0 Å². The standard InChI is InChI=1S/C17H16N2O/c1-20-17-7-6-13(10-15(17)11-18)12-19-9-8-14-4-2-3-5-16(14)19/h2-7,10H,8-9,12H2,1H3. The van der Waals surface area contributed by atoms with Gasteiger partial charge in [-0.2, -0.15) is 5.26 Å². The highest BCUT2D eigenvalue weighted by atomic mass is 16.5. The molecule has 1 heterocycles. The van der Waals surface area contributed by atoms with E-state index in [1.165, 1.54) is 11.3 Å². The molecule has 0 unspecified atom stereocenters. The summed E-state index contributed by atoms with van der Waals surface area (Å²) in [7, 11) is 1.59. The van der Waals surface area contributed by atoms with Crippen molar-refractivity contribution in [3.05, 3.63) is 59.2 Å². The minimum absolute atomic E-state index is 0.595. The molecule has 0 aliphatic carbocycles. The zero-order valence-electron chi connectivity index (χ0n) is 11.5. The lowest BCUT2D eigenvalue weighted by Crippen LogP contribution is -2.19. The number of anilines is 1. The number of nitrogens with zero attached hydrogens (tertiary/aromatic N) is 2. The van der Waals surface area contributed by atoms with Gasteiger partial charge in [0.1, 0.15) is 11.8 Å². The third-order valence-corrected chi connectivity index (χ3v) is 3.74. The number of hydrogen-bond donors (Lipinski definition) is 0. The molecule has 3 heteroatoms. The SMILES string of the molecule is COc1ccc(CN2CCc3ccccc32)cc1C#N. The van der Waals surface area contributed by atoms with Crippen molar-refractivity contribution in [2.75, 3.05) is 18.6 Å². The first-order valence-electron chi connectivity index (χ1n) is 6.71. The number of methoxy groups -OCH3 is 1. The molecule has 2 aromatic carbocycles.